The molecule has 2 heterocycles. The molecule has 1 aliphatic rings. The normalized spacial score (nSPS) is 16.7. The zero-order valence-electron chi connectivity index (χ0n) is 14.6. The Bertz CT molecular complexity index is 743. The van der Waals surface area contributed by atoms with Crippen molar-refractivity contribution in [3.8, 4) is 0 Å². The summed E-state index contributed by atoms with van der Waals surface area (Å²) in [6.45, 7) is 2.27. The first-order valence-electron chi connectivity index (χ1n) is 8.52. The number of anilines is 1. The number of hydrogen-bond donors (Lipinski definition) is 2. The Morgan fingerprint density at radius 1 is 1.23 bits per heavy atom. The van der Waals surface area contributed by atoms with Crippen molar-refractivity contribution in [2.24, 2.45) is 0 Å². The van der Waals surface area contributed by atoms with E-state index in [4.69, 9.17) is 4.74 Å². The molecule has 1 saturated heterocycles. The van der Waals surface area contributed by atoms with E-state index in [0.717, 1.165) is 17.8 Å². The van der Waals surface area contributed by atoms with Gasteiger partial charge in [0.15, 0.2) is 0 Å². The second-order valence-corrected chi connectivity index (χ2v) is 6.05. The van der Waals surface area contributed by atoms with Crippen molar-refractivity contribution in [1.29, 1.82) is 0 Å². The van der Waals surface area contributed by atoms with Crippen LogP contribution in [-0.2, 0) is 16.1 Å². The molecule has 7 nitrogen and oxygen atoms in total. The highest BCUT2D eigenvalue weighted by atomic mass is 16.5. The quantitative estimate of drug-likeness (QED) is 0.836. The maximum absolute atomic E-state index is 12.4. The number of benzene rings is 1. The fourth-order valence-corrected chi connectivity index (χ4v) is 2.68. The third kappa shape index (κ3) is 4.44. The highest BCUT2D eigenvalue weighted by Crippen LogP contribution is 2.16. The van der Waals surface area contributed by atoms with Crippen LogP contribution in [-0.4, -0.2) is 49.6 Å². The maximum atomic E-state index is 12.4. The van der Waals surface area contributed by atoms with Crippen molar-refractivity contribution < 1.29 is 14.3 Å². The van der Waals surface area contributed by atoms with Gasteiger partial charge in [-0.05, 0) is 29.8 Å². The first-order chi connectivity index (χ1) is 12.6. The van der Waals surface area contributed by atoms with Crippen LogP contribution in [0.4, 0.5) is 5.69 Å². The van der Waals surface area contributed by atoms with Crippen LogP contribution in [0.2, 0.25) is 0 Å². The van der Waals surface area contributed by atoms with Crippen molar-refractivity contribution in [2.75, 3.05) is 31.6 Å². The third-order valence-corrected chi connectivity index (χ3v) is 4.24. The zero-order chi connectivity index (χ0) is 18.4. The summed E-state index contributed by atoms with van der Waals surface area (Å²) < 4.78 is 5.42. The summed E-state index contributed by atoms with van der Waals surface area (Å²) >= 11 is 0. The van der Waals surface area contributed by atoms with Gasteiger partial charge < -0.3 is 20.3 Å². The number of rotatable bonds is 5. The average molecular weight is 354 g/mol. The molecule has 2 aromatic rings. The molecule has 1 aromatic carbocycles. The molecule has 3 rings (SSSR count). The molecule has 26 heavy (non-hydrogen) atoms. The molecule has 1 unspecified atom stereocenters. The van der Waals surface area contributed by atoms with Crippen LogP contribution >= 0.6 is 0 Å². The van der Waals surface area contributed by atoms with E-state index in [1.54, 1.807) is 36.5 Å². The number of nitrogens with one attached hydrogen (secondary N) is 2. The number of carbonyl (C=O) groups is 2. The van der Waals surface area contributed by atoms with Gasteiger partial charge in [-0.3, -0.25) is 14.6 Å². The summed E-state index contributed by atoms with van der Waals surface area (Å²) in [5.41, 5.74) is 2.32. The molecule has 136 valence electrons. The molecule has 1 aromatic heterocycles. The highest BCUT2D eigenvalue weighted by molar-refractivity contribution is 6.05. The molecule has 0 saturated carbocycles. The van der Waals surface area contributed by atoms with E-state index in [1.165, 1.54) is 0 Å². The fraction of sp³-hybridized carbons (Fsp3) is 0.316. The van der Waals surface area contributed by atoms with Crippen LogP contribution in [0.15, 0.2) is 48.8 Å². The van der Waals surface area contributed by atoms with Gasteiger partial charge in [-0.25, -0.2) is 0 Å². The predicted octanol–water partition coefficient (Wildman–Crippen LogP) is 0.963. The van der Waals surface area contributed by atoms with E-state index in [2.05, 4.69) is 15.6 Å². The Morgan fingerprint density at radius 3 is 2.62 bits per heavy atom. The minimum Gasteiger partial charge on any atom is -0.366 e. The fourth-order valence-electron chi connectivity index (χ4n) is 2.68. The van der Waals surface area contributed by atoms with Crippen LogP contribution < -0.4 is 15.5 Å². The van der Waals surface area contributed by atoms with E-state index in [1.807, 2.05) is 24.3 Å². The summed E-state index contributed by atoms with van der Waals surface area (Å²) in [5.74, 6) is -0.221. The molecule has 0 aliphatic carbocycles. The Hall–Kier alpha value is -2.77. The molecule has 0 spiro atoms. The van der Waals surface area contributed by atoms with Crippen molar-refractivity contribution in [3.63, 3.8) is 0 Å². The summed E-state index contributed by atoms with van der Waals surface area (Å²) in [6.07, 6.45) is 2.75. The molecule has 1 atom stereocenters. The average Bonchev–Trinajstić information content (AvgIpc) is 2.72. The first-order valence-corrected chi connectivity index (χ1v) is 8.52. The Morgan fingerprint density at radius 2 is 1.96 bits per heavy atom. The number of aromatic nitrogens is 1. The summed E-state index contributed by atoms with van der Waals surface area (Å²) in [5, 5.41) is 6.01. The SMILES string of the molecule is CN(C(=O)c1ccncc1)c1ccc(CNC(=O)C2CNCCO2)cc1. The van der Waals surface area contributed by atoms with Gasteiger partial charge in [0, 0.05) is 50.3 Å². The monoisotopic (exact) mass is 354 g/mol. The van der Waals surface area contributed by atoms with E-state index in [9.17, 15) is 9.59 Å². The lowest BCUT2D eigenvalue weighted by atomic mass is 10.1. The Kier molecular flexibility index (Phi) is 5.93. The van der Waals surface area contributed by atoms with Crippen LogP contribution in [0.3, 0.4) is 0 Å². The highest BCUT2D eigenvalue weighted by Gasteiger charge is 2.21. The molecular formula is C19H22N4O3. The van der Waals surface area contributed by atoms with Gasteiger partial charge in [0.2, 0.25) is 0 Å². The minimum atomic E-state index is -0.438. The van der Waals surface area contributed by atoms with Crippen molar-refractivity contribution in [3.05, 3.63) is 59.9 Å². The minimum absolute atomic E-state index is 0.101. The van der Waals surface area contributed by atoms with Crippen LogP contribution in [0, 0.1) is 0 Å². The summed E-state index contributed by atoms with van der Waals surface area (Å²) in [4.78, 5) is 30.0. The number of carbonyl (C=O) groups excluding carboxylic acids is 2. The first kappa shape index (κ1) is 18.0. The number of hydrogen-bond acceptors (Lipinski definition) is 5. The summed E-state index contributed by atoms with van der Waals surface area (Å²) in [6, 6.07) is 10.9. The zero-order valence-corrected chi connectivity index (χ0v) is 14.6. The molecule has 7 heteroatoms. The topological polar surface area (TPSA) is 83.6 Å². The van der Waals surface area contributed by atoms with Crippen molar-refractivity contribution in [2.45, 2.75) is 12.6 Å². The molecule has 0 radical (unpaired) electrons. The van der Waals surface area contributed by atoms with Gasteiger partial charge in [0.1, 0.15) is 6.10 Å². The number of amides is 2. The van der Waals surface area contributed by atoms with E-state index >= 15 is 0 Å². The lowest BCUT2D eigenvalue weighted by Crippen LogP contribution is -2.47. The second kappa shape index (κ2) is 8.55. The largest absolute Gasteiger partial charge is 0.366 e. The van der Waals surface area contributed by atoms with E-state index < -0.39 is 6.10 Å². The maximum Gasteiger partial charge on any atom is 0.258 e. The van der Waals surface area contributed by atoms with Gasteiger partial charge in [-0.15, -0.1) is 0 Å². The molecule has 2 amide bonds. The Balaban J connectivity index is 1.56. The molecule has 1 fully saturated rings. The number of pyridine rings is 1. The lowest BCUT2D eigenvalue weighted by molar-refractivity contribution is -0.134. The van der Waals surface area contributed by atoms with Gasteiger partial charge in [-0.1, -0.05) is 12.1 Å². The van der Waals surface area contributed by atoms with E-state index in [-0.39, 0.29) is 11.8 Å². The predicted molar refractivity (Wildman–Crippen MR) is 97.9 cm³/mol. The lowest BCUT2D eigenvalue weighted by Gasteiger charge is -2.22. The van der Waals surface area contributed by atoms with Crippen molar-refractivity contribution in [1.82, 2.24) is 15.6 Å². The van der Waals surface area contributed by atoms with Gasteiger partial charge >= 0.3 is 0 Å². The summed E-state index contributed by atoms with van der Waals surface area (Å²) in [7, 11) is 1.73. The third-order valence-electron chi connectivity index (χ3n) is 4.24. The standard InChI is InChI=1S/C19H22N4O3/c1-23(19(25)15-6-8-20-9-7-15)16-4-2-14(3-5-16)12-22-18(24)17-13-21-10-11-26-17/h2-9,17,21H,10-13H2,1H3,(H,22,24). The van der Waals surface area contributed by atoms with Crippen LogP contribution in [0.25, 0.3) is 0 Å². The second-order valence-electron chi connectivity index (χ2n) is 6.05. The van der Waals surface area contributed by atoms with Crippen LogP contribution in [0.1, 0.15) is 15.9 Å². The molecule has 1 aliphatic heterocycles. The Labute approximate surface area is 152 Å². The number of nitrogens with zero attached hydrogens (tertiary/aromatic N) is 2. The van der Waals surface area contributed by atoms with Crippen molar-refractivity contribution >= 4 is 17.5 Å². The molecular weight excluding hydrogens is 332 g/mol. The van der Waals surface area contributed by atoms with Gasteiger partial charge in [-0.2, -0.15) is 0 Å². The smallest absolute Gasteiger partial charge is 0.258 e. The van der Waals surface area contributed by atoms with E-state index in [0.29, 0.717) is 25.3 Å². The number of morpholine rings is 1. The van der Waals surface area contributed by atoms with Gasteiger partial charge in [0.05, 0.1) is 6.61 Å². The molecule has 2 N–H and O–H groups in total. The van der Waals surface area contributed by atoms with Crippen LogP contribution in [0.5, 0.6) is 0 Å². The van der Waals surface area contributed by atoms with Gasteiger partial charge in [0.25, 0.3) is 11.8 Å². The number of ether oxygens (including phenoxy) is 1. The molecule has 0 bridgehead atoms.